The molecule has 6 rings (SSSR count). The van der Waals surface area contributed by atoms with Crippen molar-refractivity contribution in [1.29, 1.82) is 0 Å². The largest absolute Gasteiger partial charge is 0.339 e. The Kier molecular flexibility index (Phi) is 3.12. The molecule has 3 saturated carbocycles. The number of hydrogen-bond donors (Lipinski definition) is 0. The van der Waals surface area contributed by atoms with E-state index in [1.54, 1.807) is 11.3 Å². The van der Waals surface area contributed by atoms with Crippen LogP contribution in [0.1, 0.15) is 66.3 Å². The molecule has 4 nitrogen and oxygen atoms in total. The molecule has 0 aromatic carbocycles. The first kappa shape index (κ1) is 13.5. The third kappa shape index (κ3) is 1.86. The van der Waals surface area contributed by atoms with Crippen molar-refractivity contribution in [3.05, 3.63) is 28.3 Å². The van der Waals surface area contributed by atoms with Crippen molar-refractivity contribution >= 4 is 23.1 Å². The summed E-state index contributed by atoms with van der Waals surface area (Å²) >= 11 is 3.77. The maximum Gasteiger partial charge on any atom is 0.231 e. The third-order valence-electron chi connectivity index (χ3n) is 5.77. The van der Waals surface area contributed by atoms with Gasteiger partial charge in [0.25, 0.3) is 0 Å². The monoisotopic (exact) mass is 333 g/mol. The third-order valence-corrected chi connectivity index (χ3v) is 8.13. The van der Waals surface area contributed by atoms with E-state index in [1.807, 2.05) is 23.5 Å². The lowest BCUT2D eigenvalue weighted by Crippen LogP contribution is -2.41. The van der Waals surface area contributed by atoms with Crippen molar-refractivity contribution in [2.75, 3.05) is 5.75 Å². The van der Waals surface area contributed by atoms with Crippen LogP contribution in [-0.4, -0.2) is 20.9 Å². The summed E-state index contributed by atoms with van der Waals surface area (Å²) < 4.78 is 5.74. The number of hydrogen-bond acceptors (Lipinski definition) is 6. The minimum atomic E-state index is 0.245. The molecule has 3 aliphatic carbocycles. The van der Waals surface area contributed by atoms with Gasteiger partial charge in [0.15, 0.2) is 5.82 Å². The summed E-state index contributed by atoms with van der Waals surface area (Å²) in [4.78, 5) is 10.5. The molecule has 22 heavy (non-hydrogen) atoms. The fraction of sp³-hybridized carbons (Fsp3) is 0.688. The Labute approximate surface area is 138 Å². The van der Waals surface area contributed by atoms with Crippen LogP contribution in [0.15, 0.2) is 16.2 Å². The van der Waals surface area contributed by atoms with E-state index in [4.69, 9.17) is 9.51 Å². The highest BCUT2D eigenvalue weighted by molar-refractivity contribution is 7.99. The Morgan fingerprint density at radius 1 is 1.27 bits per heavy atom. The number of nitrogens with zero attached hydrogens (tertiary/aromatic N) is 3. The van der Waals surface area contributed by atoms with Crippen LogP contribution in [0.2, 0.25) is 0 Å². The lowest BCUT2D eigenvalue weighted by molar-refractivity contribution is 0.147. The second kappa shape index (κ2) is 5.06. The average molecular weight is 333 g/mol. The standard InChI is InChI=1S/C16H19N3OS2/c1-2-6-21-11(3-1)14-18-15(20-19-14)13-10-4-5-16(13,7-10)12-8-17-9-22-12/h8-11,13H,1-7H2. The Hall–Kier alpha value is -0.880. The second-order valence-corrected chi connectivity index (χ2v) is 9.05. The van der Waals surface area contributed by atoms with Crippen LogP contribution in [0.4, 0.5) is 0 Å². The normalized spacial score (nSPS) is 37.2. The molecule has 1 aliphatic heterocycles. The van der Waals surface area contributed by atoms with Crippen LogP contribution in [0.25, 0.3) is 0 Å². The summed E-state index contributed by atoms with van der Waals surface area (Å²) in [5.41, 5.74) is 2.19. The van der Waals surface area contributed by atoms with Gasteiger partial charge in [-0.3, -0.25) is 4.98 Å². The van der Waals surface area contributed by atoms with Gasteiger partial charge in [0.1, 0.15) is 0 Å². The van der Waals surface area contributed by atoms with E-state index in [1.165, 1.54) is 49.2 Å². The summed E-state index contributed by atoms with van der Waals surface area (Å²) in [5, 5.41) is 4.78. The molecular weight excluding hydrogens is 314 g/mol. The van der Waals surface area contributed by atoms with E-state index in [9.17, 15) is 0 Å². The molecule has 1 saturated heterocycles. The van der Waals surface area contributed by atoms with Gasteiger partial charge >= 0.3 is 0 Å². The first-order valence-corrected chi connectivity index (χ1v) is 10.1. The molecule has 2 aromatic rings. The minimum absolute atomic E-state index is 0.245. The van der Waals surface area contributed by atoms with E-state index in [0.29, 0.717) is 11.2 Å². The summed E-state index contributed by atoms with van der Waals surface area (Å²) in [6.07, 6.45) is 9.67. The summed E-state index contributed by atoms with van der Waals surface area (Å²) in [6.45, 7) is 0. The maximum absolute atomic E-state index is 5.74. The van der Waals surface area contributed by atoms with Gasteiger partial charge in [-0.2, -0.15) is 16.7 Å². The number of aromatic nitrogens is 3. The van der Waals surface area contributed by atoms with Crippen LogP contribution in [0.3, 0.4) is 0 Å². The highest BCUT2D eigenvalue weighted by atomic mass is 32.2. The zero-order chi connectivity index (χ0) is 14.6. The van der Waals surface area contributed by atoms with E-state index >= 15 is 0 Å². The van der Waals surface area contributed by atoms with E-state index in [2.05, 4.69) is 10.1 Å². The lowest BCUT2D eigenvalue weighted by atomic mass is 9.59. The van der Waals surface area contributed by atoms with Crippen molar-refractivity contribution in [3.8, 4) is 0 Å². The molecule has 2 aromatic heterocycles. The quantitative estimate of drug-likeness (QED) is 0.837. The van der Waals surface area contributed by atoms with Crippen LogP contribution in [0.5, 0.6) is 0 Å². The van der Waals surface area contributed by atoms with Crippen molar-refractivity contribution in [1.82, 2.24) is 15.1 Å². The molecule has 0 radical (unpaired) electrons. The van der Waals surface area contributed by atoms with Crippen LogP contribution in [0, 0.1) is 5.92 Å². The van der Waals surface area contributed by atoms with Gasteiger partial charge in [-0.15, -0.1) is 11.3 Å². The van der Waals surface area contributed by atoms with Gasteiger partial charge in [0.2, 0.25) is 5.89 Å². The van der Waals surface area contributed by atoms with Gasteiger partial charge in [-0.25, -0.2) is 0 Å². The molecule has 0 spiro atoms. The Morgan fingerprint density at radius 2 is 2.27 bits per heavy atom. The highest BCUT2D eigenvalue weighted by Gasteiger charge is 2.63. The smallest absolute Gasteiger partial charge is 0.231 e. The van der Waals surface area contributed by atoms with Crippen molar-refractivity contribution in [3.63, 3.8) is 0 Å². The number of thiazole rings is 1. The van der Waals surface area contributed by atoms with Crippen LogP contribution >= 0.6 is 23.1 Å². The van der Waals surface area contributed by atoms with Crippen LogP contribution in [-0.2, 0) is 5.41 Å². The first-order valence-electron chi connectivity index (χ1n) is 8.21. The Morgan fingerprint density at radius 3 is 3.05 bits per heavy atom. The Balaban J connectivity index is 1.44. The molecule has 3 heterocycles. The van der Waals surface area contributed by atoms with E-state index < -0.39 is 0 Å². The fourth-order valence-electron chi connectivity index (χ4n) is 4.70. The zero-order valence-electron chi connectivity index (χ0n) is 12.4. The minimum Gasteiger partial charge on any atom is -0.339 e. The molecule has 116 valence electrons. The lowest BCUT2D eigenvalue weighted by Gasteiger charge is -2.44. The van der Waals surface area contributed by atoms with Gasteiger partial charge < -0.3 is 4.52 Å². The molecule has 0 amide bonds. The molecule has 4 atom stereocenters. The van der Waals surface area contributed by atoms with E-state index in [0.717, 1.165) is 17.6 Å². The molecule has 0 N–H and O–H groups in total. The second-order valence-electron chi connectivity index (χ2n) is 6.85. The van der Waals surface area contributed by atoms with E-state index in [-0.39, 0.29) is 5.41 Å². The number of fused-ring (bicyclic) bond motifs is 1. The predicted molar refractivity (Wildman–Crippen MR) is 87.2 cm³/mol. The molecule has 4 aliphatic rings. The average Bonchev–Trinajstić information content (AvgIpc) is 3.30. The van der Waals surface area contributed by atoms with Crippen molar-refractivity contribution < 1.29 is 4.52 Å². The molecule has 4 fully saturated rings. The molecule has 2 bridgehead atoms. The van der Waals surface area contributed by atoms with Gasteiger partial charge in [-0.1, -0.05) is 11.6 Å². The van der Waals surface area contributed by atoms with Gasteiger partial charge in [0.05, 0.1) is 16.7 Å². The predicted octanol–water partition coefficient (Wildman–Crippen LogP) is 4.32. The number of thioether (sulfide) groups is 1. The molecule has 4 unspecified atom stereocenters. The summed E-state index contributed by atoms with van der Waals surface area (Å²) in [5.74, 6) is 4.22. The van der Waals surface area contributed by atoms with Crippen LogP contribution < -0.4 is 0 Å². The number of rotatable bonds is 3. The maximum atomic E-state index is 5.74. The highest BCUT2D eigenvalue weighted by Crippen LogP contribution is 2.68. The topological polar surface area (TPSA) is 51.8 Å². The zero-order valence-corrected chi connectivity index (χ0v) is 14.0. The van der Waals surface area contributed by atoms with Gasteiger partial charge in [-0.05, 0) is 43.8 Å². The van der Waals surface area contributed by atoms with Crippen molar-refractivity contribution in [2.45, 2.75) is 55.1 Å². The summed E-state index contributed by atoms with van der Waals surface area (Å²) in [7, 11) is 0. The first-order chi connectivity index (χ1) is 10.9. The fourth-order valence-corrected chi connectivity index (χ4v) is 6.84. The Bertz CT molecular complexity index is 661. The van der Waals surface area contributed by atoms with Gasteiger partial charge in [0, 0.05) is 16.5 Å². The molecule has 6 heteroatoms. The molecular formula is C16H19N3OS2. The SMILES string of the molecule is c1ncc(C23CCC(C2)C3c2nc(C3CCCCS3)no2)s1. The van der Waals surface area contributed by atoms with Crippen molar-refractivity contribution in [2.24, 2.45) is 5.92 Å². The summed E-state index contributed by atoms with van der Waals surface area (Å²) in [6, 6.07) is 0.